The molecule has 0 aliphatic rings. The summed E-state index contributed by atoms with van der Waals surface area (Å²) in [6.07, 6.45) is 0. The van der Waals surface area contributed by atoms with Gasteiger partial charge in [0.1, 0.15) is 5.01 Å². The van der Waals surface area contributed by atoms with Crippen LogP contribution in [0.2, 0.25) is 0 Å². The summed E-state index contributed by atoms with van der Waals surface area (Å²) in [5, 5.41) is 2.90. The standard InChI is InChI=1S/C12H14N2O2S.ClH/c1-15-10-4-3-8(5-11(10)16-2)12-14-9(6-13)7-17-12;/h3-5,7H,6,13H2,1-2H3;1H. The first-order chi connectivity index (χ1) is 8.28. The van der Waals surface area contributed by atoms with Crippen molar-refractivity contribution < 1.29 is 9.47 Å². The molecule has 1 aromatic carbocycles. The zero-order chi connectivity index (χ0) is 12.3. The first-order valence-electron chi connectivity index (χ1n) is 5.15. The molecule has 0 spiro atoms. The van der Waals surface area contributed by atoms with Crippen LogP contribution in [-0.2, 0) is 6.54 Å². The van der Waals surface area contributed by atoms with E-state index in [1.54, 1.807) is 25.6 Å². The lowest BCUT2D eigenvalue weighted by Gasteiger charge is -2.08. The minimum atomic E-state index is 0. The normalized spacial score (nSPS) is 9.72. The third kappa shape index (κ3) is 2.93. The third-order valence-corrected chi connectivity index (χ3v) is 3.33. The second-order valence-corrected chi connectivity index (χ2v) is 4.28. The zero-order valence-corrected chi connectivity index (χ0v) is 11.8. The first-order valence-corrected chi connectivity index (χ1v) is 6.03. The van der Waals surface area contributed by atoms with Crippen molar-refractivity contribution in [2.75, 3.05) is 14.2 Å². The molecule has 0 amide bonds. The van der Waals surface area contributed by atoms with Gasteiger partial charge >= 0.3 is 0 Å². The summed E-state index contributed by atoms with van der Waals surface area (Å²) in [5.74, 6) is 1.42. The van der Waals surface area contributed by atoms with Gasteiger partial charge in [0.2, 0.25) is 0 Å². The molecule has 0 aliphatic carbocycles. The molecule has 2 aromatic rings. The minimum Gasteiger partial charge on any atom is -0.493 e. The van der Waals surface area contributed by atoms with Gasteiger partial charge in [-0.3, -0.25) is 0 Å². The number of hydrogen-bond donors (Lipinski definition) is 1. The number of hydrogen-bond acceptors (Lipinski definition) is 5. The number of rotatable bonds is 4. The van der Waals surface area contributed by atoms with Crippen molar-refractivity contribution in [1.29, 1.82) is 0 Å². The highest BCUT2D eigenvalue weighted by atomic mass is 35.5. The summed E-state index contributed by atoms with van der Waals surface area (Å²) < 4.78 is 10.5. The molecule has 1 aromatic heterocycles. The van der Waals surface area contributed by atoms with Gasteiger partial charge in [-0.15, -0.1) is 23.7 Å². The van der Waals surface area contributed by atoms with Gasteiger partial charge < -0.3 is 15.2 Å². The number of methoxy groups -OCH3 is 2. The zero-order valence-electron chi connectivity index (χ0n) is 10.2. The second-order valence-electron chi connectivity index (χ2n) is 3.42. The summed E-state index contributed by atoms with van der Waals surface area (Å²) in [4.78, 5) is 4.43. The molecular formula is C12H15ClN2O2S. The fourth-order valence-electron chi connectivity index (χ4n) is 1.50. The molecule has 98 valence electrons. The molecule has 0 unspecified atom stereocenters. The van der Waals surface area contributed by atoms with Gasteiger partial charge in [-0.05, 0) is 18.2 Å². The lowest BCUT2D eigenvalue weighted by molar-refractivity contribution is 0.355. The quantitative estimate of drug-likeness (QED) is 0.939. The Morgan fingerprint density at radius 2 is 1.94 bits per heavy atom. The molecule has 6 heteroatoms. The van der Waals surface area contributed by atoms with E-state index in [-0.39, 0.29) is 12.4 Å². The van der Waals surface area contributed by atoms with E-state index in [0.717, 1.165) is 16.3 Å². The van der Waals surface area contributed by atoms with Crippen molar-refractivity contribution in [3.05, 3.63) is 29.3 Å². The molecule has 2 N–H and O–H groups in total. The van der Waals surface area contributed by atoms with Crippen LogP contribution in [0.5, 0.6) is 11.5 Å². The Balaban J connectivity index is 0.00000162. The largest absolute Gasteiger partial charge is 0.493 e. The lowest BCUT2D eigenvalue weighted by Crippen LogP contribution is -1.95. The third-order valence-electron chi connectivity index (χ3n) is 2.39. The van der Waals surface area contributed by atoms with Crippen molar-refractivity contribution in [2.24, 2.45) is 5.73 Å². The highest BCUT2D eigenvalue weighted by molar-refractivity contribution is 7.13. The van der Waals surface area contributed by atoms with E-state index in [2.05, 4.69) is 4.98 Å². The highest BCUT2D eigenvalue weighted by Crippen LogP contribution is 2.33. The fourth-order valence-corrected chi connectivity index (χ4v) is 2.33. The molecule has 0 radical (unpaired) electrons. The first kappa shape index (κ1) is 14.8. The van der Waals surface area contributed by atoms with E-state index in [9.17, 15) is 0 Å². The number of thiazole rings is 1. The highest BCUT2D eigenvalue weighted by Gasteiger charge is 2.08. The molecule has 2 rings (SSSR count). The van der Waals surface area contributed by atoms with E-state index in [4.69, 9.17) is 15.2 Å². The maximum absolute atomic E-state index is 5.54. The van der Waals surface area contributed by atoms with Crippen molar-refractivity contribution in [2.45, 2.75) is 6.54 Å². The summed E-state index contributed by atoms with van der Waals surface area (Å²) in [7, 11) is 3.24. The smallest absolute Gasteiger partial charge is 0.161 e. The minimum absolute atomic E-state index is 0. The molecule has 0 aliphatic heterocycles. The Morgan fingerprint density at radius 3 is 2.50 bits per heavy atom. The molecule has 0 saturated heterocycles. The van der Waals surface area contributed by atoms with Gasteiger partial charge in [-0.1, -0.05) is 0 Å². The van der Waals surface area contributed by atoms with Crippen LogP contribution in [-0.4, -0.2) is 19.2 Å². The van der Waals surface area contributed by atoms with Gasteiger partial charge in [-0.25, -0.2) is 4.98 Å². The summed E-state index contributed by atoms with van der Waals surface area (Å²) in [6, 6.07) is 5.75. The second kappa shape index (κ2) is 6.58. The molecule has 1 heterocycles. The number of ether oxygens (including phenoxy) is 2. The SMILES string of the molecule is COc1ccc(-c2nc(CN)cs2)cc1OC.Cl. The van der Waals surface area contributed by atoms with Gasteiger partial charge in [0.25, 0.3) is 0 Å². The number of nitrogens with zero attached hydrogens (tertiary/aromatic N) is 1. The monoisotopic (exact) mass is 286 g/mol. The molecule has 0 atom stereocenters. The maximum atomic E-state index is 5.54. The van der Waals surface area contributed by atoms with Crippen molar-refractivity contribution in [3.63, 3.8) is 0 Å². The van der Waals surface area contributed by atoms with Crippen LogP contribution in [0.25, 0.3) is 10.6 Å². The van der Waals surface area contributed by atoms with E-state index in [1.165, 1.54) is 0 Å². The van der Waals surface area contributed by atoms with Gasteiger partial charge in [0, 0.05) is 17.5 Å². The Hall–Kier alpha value is -1.30. The molecular weight excluding hydrogens is 272 g/mol. The van der Waals surface area contributed by atoms with Gasteiger partial charge in [0.15, 0.2) is 11.5 Å². The van der Waals surface area contributed by atoms with Gasteiger partial charge in [0.05, 0.1) is 19.9 Å². The van der Waals surface area contributed by atoms with Crippen LogP contribution in [0, 0.1) is 0 Å². The maximum Gasteiger partial charge on any atom is 0.161 e. The number of benzene rings is 1. The Labute approximate surface area is 116 Å². The van der Waals surface area contributed by atoms with Crippen molar-refractivity contribution in [3.8, 4) is 22.1 Å². The van der Waals surface area contributed by atoms with Crippen LogP contribution in [0.1, 0.15) is 5.69 Å². The average molecular weight is 287 g/mol. The fraction of sp³-hybridized carbons (Fsp3) is 0.250. The molecule has 0 saturated carbocycles. The molecule has 4 nitrogen and oxygen atoms in total. The van der Waals surface area contributed by atoms with Gasteiger partial charge in [-0.2, -0.15) is 0 Å². The van der Waals surface area contributed by atoms with Crippen LogP contribution >= 0.6 is 23.7 Å². The molecule has 0 fully saturated rings. The van der Waals surface area contributed by atoms with Crippen LogP contribution in [0.4, 0.5) is 0 Å². The van der Waals surface area contributed by atoms with E-state index < -0.39 is 0 Å². The summed E-state index contributed by atoms with van der Waals surface area (Å²) in [6.45, 7) is 0.462. The van der Waals surface area contributed by atoms with E-state index >= 15 is 0 Å². The topological polar surface area (TPSA) is 57.4 Å². The Morgan fingerprint density at radius 1 is 1.22 bits per heavy atom. The Bertz CT molecular complexity index is 517. The van der Waals surface area contributed by atoms with Crippen molar-refractivity contribution >= 4 is 23.7 Å². The Kier molecular flexibility index (Phi) is 5.40. The number of nitrogens with two attached hydrogens (primary N) is 1. The number of halogens is 1. The van der Waals surface area contributed by atoms with E-state index in [0.29, 0.717) is 18.0 Å². The average Bonchev–Trinajstić information content (AvgIpc) is 2.86. The summed E-state index contributed by atoms with van der Waals surface area (Å²) >= 11 is 1.57. The van der Waals surface area contributed by atoms with E-state index in [1.807, 2.05) is 23.6 Å². The van der Waals surface area contributed by atoms with Crippen LogP contribution in [0.3, 0.4) is 0 Å². The number of aromatic nitrogens is 1. The predicted molar refractivity (Wildman–Crippen MR) is 75.8 cm³/mol. The summed E-state index contributed by atoms with van der Waals surface area (Å²) in [5.41, 5.74) is 7.45. The lowest BCUT2D eigenvalue weighted by atomic mass is 10.2. The molecule has 18 heavy (non-hydrogen) atoms. The molecule has 0 bridgehead atoms. The predicted octanol–water partition coefficient (Wildman–Crippen LogP) is 2.71. The van der Waals surface area contributed by atoms with Crippen LogP contribution in [0.15, 0.2) is 23.6 Å². The van der Waals surface area contributed by atoms with Crippen LogP contribution < -0.4 is 15.2 Å². The van der Waals surface area contributed by atoms with Crippen molar-refractivity contribution in [1.82, 2.24) is 4.98 Å².